The van der Waals surface area contributed by atoms with E-state index < -0.39 is 0 Å². The van der Waals surface area contributed by atoms with Crippen LogP contribution in [0.1, 0.15) is 12.6 Å². The highest BCUT2D eigenvalue weighted by molar-refractivity contribution is 9.10. The van der Waals surface area contributed by atoms with Gasteiger partial charge in [0.1, 0.15) is 17.9 Å². The largest absolute Gasteiger partial charge is 0.439 e. The lowest BCUT2D eigenvalue weighted by Crippen LogP contribution is -1.93. The first-order valence-electron chi connectivity index (χ1n) is 5.13. The van der Waals surface area contributed by atoms with Gasteiger partial charge in [-0.25, -0.2) is 14.4 Å². The van der Waals surface area contributed by atoms with Gasteiger partial charge in [-0.05, 0) is 34.5 Å². The molecule has 88 valence electrons. The second kappa shape index (κ2) is 5.23. The number of aromatic nitrogens is 2. The maximum Gasteiger partial charge on any atom is 0.222 e. The van der Waals surface area contributed by atoms with Crippen LogP contribution in [0.2, 0.25) is 0 Å². The van der Waals surface area contributed by atoms with E-state index in [4.69, 9.17) is 4.74 Å². The van der Waals surface area contributed by atoms with Crippen LogP contribution in [0.3, 0.4) is 0 Å². The van der Waals surface area contributed by atoms with Crippen LogP contribution in [0.25, 0.3) is 0 Å². The van der Waals surface area contributed by atoms with Crippen molar-refractivity contribution in [3.05, 3.63) is 46.6 Å². The molecule has 1 heterocycles. The van der Waals surface area contributed by atoms with Crippen LogP contribution in [0.15, 0.2) is 35.1 Å². The third kappa shape index (κ3) is 3.00. The predicted molar refractivity (Wildman–Crippen MR) is 65.6 cm³/mol. The lowest BCUT2D eigenvalue weighted by molar-refractivity contribution is 0.455. The zero-order valence-electron chi connectivity index (χ0n) is 9.15. The first kappa shape index (κ1) is 12.0. The molecular formula is C12H10BrFN2O. The molecule has 1 aromatic carbocycles. The second-order valence-electron chi connectivity index (χ2n) is 3.38. The Labute approximate surface area is 107 Å². The van der Waals surface area contributed by atoms with Gasteiger partial charge in [0.15, 0.2) is 0 Å². The quantitative estimate of drug-likeness (QED) is 0.865. The molecule has 17 heavy (non-hydrogen) atoms. The highest BCUT2D eigenvalue weighted by Gasteiger charge is 2.04. The summed E-state index contributed by atoms with van der Waals surface area (Å²) < 4.78 is 19.1. The Balaban J connectivity index is 2.22. The minimum absolute atomic E-state index is 0.368. The minimum atomic E-state index is -0.368. The van der Waals surface area contributed by atoms with E-state index >= 15 is 0 Å². The van der Waals surface area contributed by atoms with Crippen molar-refractivity contribution in [3.63, 3.8) is 0 Å². The fraction of sp³-hybridized carbons (Fsp3) is 0.167. The van der Waals surface area contributed by atoms with Crippen molar-refractivity contribution in [2.45, 2.75) is 13.3 Å². The summed E-state index contributed by atoms with van der Waals surface area (Å²) in [5.41, 5.74) is 0.882. The van der Waals surface area contributed by atoms with Crippen LogP contribution >= 0.6 is 15.9 Å². The Morgan fingerprint density at radius 3 is 2.82 bits per heavy atom. The van der Waals surface area contributed by atoms with Crippen LogP contribution in [0.5, 0.6) is 11.6 Å². The molecule has 0 saturated heterocycles. The Morgan fingerprint density at radius 1 is 1.29 bits per heavy atom. The van der Waals surface area contributed by atoms with Gasteiger partial charge in [0.05, 0.1) is 4.47 Å². The molecule has 0 bridgehead atoms. The third-order valence-electron chi connectivity index (χ3n) is 2.17. The number of hydrogen-bond acceptors (Lipinski definition) is 3. The zero-order chi connectivity index (χ0) is 12.3. The topological polar surface area (TPSA) is 35.0 Å². The molecule has 1 aromatic heterocycles. The van der Waals surface area contributed by atoms with Crippen molar-refractivity contribution in [2.24, 2.45) is 0 Å². The standard InChI is InChI=1S/C12H10BrFN2O/c1-2-8-5-12(16-7-15-8)17-9-3-4-10(13)11(14)6-9/h3-7H,2H2,1H3. The van der Waals surface area contributed by atoms with Crippen molar-refractivity contribution in [3.8, 4) is 11.6 Å². The van der Waals surface area contributed by atoms with Gasteiger partial charge in [0.25, 0.3) is 0 Å². The summed E-state index contributed by atoms with van der Waals surface area (Å²) in [6, 6.07) is 6.30. The molecule has 2 rings (SSSR count). The molecule has 2 aromatic rings. The molecule has 0 N–H and O–H groups in total. The number of aryl methyl sites for hydroxylation is 1. The molecule has 5 heteroatoms. The normalized spacial score (nSPS) is 10.3. The van der Waals surface area contributed by atoms with E-state index in [1.165, 1.54) is 12.4 Å². The van der Waals surface area contributed by atoms with Crippen LogP contribution < -0.4 is 4.74 Å². The Morgan fingerprint density at radius 2 is 2.12 bits per heavy atom. The van der Waals surface area contributed by atoms with Gasteiger partial charge in [-0.1, -0.05) is 6.92 Å². The summed E-state index contributed by atoms with van der Waals surface area (Å²) in [4.78, 5) is 8.03. The lowest BCUT2D eigenvalue weighted by Gasteiger charge is -2.05. The van der Waals surface area contributed by atoms with Crippen molar-refractivity contribution >= 4 is 15.9 Å². The number of benzene rings is 1. The smallest absolute Gasteiger partial charge is 0.222 e. The summed E-state index contributed by atoms with van der Waals surface area (Å²) in [5, 5.41) is 0. The third-order valence-corrected chi connectivity index (χ3v) is 2.82. The number of rotatable bonds is 3. The number of ether oxygens (including phenoxy) is 1. The van der Waals surface area contributed by atoms with E-state index in [1.807, 2.05) is 6.92 Å². The average Bonchev–Trinajstić information content (AvgIpc) is 2.34. The van der Waals surface area contributed by atoms with Gasteiger partial charge >= 0.3 is 0 Å². The van der Waals surface area contributed by atoms with E-state index in [1.54, 1.807) is 18.2 Å². The molecule has 0 radical (unpaired) electrons. The SMILES string of the molecule is CCc1cc(Oc2ccc(Br)c(F)c2)ncn1. The van der Waals surface area contributed by atoms with Crippen molar-refractivity contribution in [2.75, 3.05) is 0 Å². The maximum atomic E-state index is 13.3. The van der Waals surface area contributed by atoms with Gasteiger partial charge in [0, 0.05) is 17.8 Å². The van der Waals surface area contributed by atoms with Crippen LogP contribution in [-0.2, 0) is 6.42 Å². The zero-order valence-corrected chi connectivity index (χ0v) is 10.7. The van der Waals surface area contributed by atoms with Crippen molar-refractivity contribution < 1.29 is 9.13 Å². The fourth-order valence-electron chi connectivity index (χ4n) is 1.29. The first-order chi connectivity index (χ1) is 8.19. The van der Waals surface area contributed by atoms with Crippen LogP contribution in [0, 0.1) is 5.82 Å². The predicted octanol–water partition coefficient (Wildman–Crippen LogP) is 3.73. The Kier molecular flexibility index (Phi) is 3.68. The number of halogens is 2. The van der Waals surface area contributed by atoms with Crippen LogP contribution in [-0.4, -0.2) is 9.97 Å². The monoisotopic (exact) mass is 296 g/mol. The van der Waals surface area contributed by atoms with Gasteiger partial charge in [0.2, 0.25) is 5.88 Å². The molecule has 0 aliphatic rings. The summed E-state index contributed by atoms with van der Waals surface area (Å²) >= 11 is 3.08. The summed E-state index contributed by atoms with van der Waals surface area (Å²) in [6.07, 6.45) is 2.23. The molecular weight excluding hydrogens is 287 g/mol. The molecule has 0 spiro atoms. The Bertz CT molecular complexity index is 534. The highest BCUT2D eigenvalue weighted by atomic mass is 79.9. The number of hydrogen-bond donors (Lipinski definition) is 0. The van der Waals surface area contributed by atoms with E-state index in [-0.39, 0.29) is 5.82 Å². The van der Waals surface area contributed by atoms with E-state index in [2.05, 4.69) is 25.9 Å². The van der Waals surface area contributed by atoms with Crippen LogP contribution in [0.4, 0.5) is 4.39 Å². The molecule has 0 aliphatic carbocycles. The van der Waals surface area contributed by atoms with Gasteiger partial charge in [-0.3, -0.25) is 0 Å². The van der Waals surface area contributed by atoms with E-state index in [0.29, 0.717) is 16.1 Å². The minimum Gasteiger partial charge on any atom is -0.439 e. The van der Waals surface area contributed by atoms with Gasteiger partial charge in [-0.15, -0.1) is 0 Å². The van der Waals surface area contributed by atoms with E-state index in [0.717, 1.165) is 12.1 Å². The maximum absolute atomic E-state index is 13.3. The lowest BCUT2D eigenvalue weighted by atomic mass is 10.3. The number of nitrogens with zero attached hydrogens (tertiary/aromatic N) is 2. The Hall–Kier alpha value is -1.49. The highest BCUT2D eigenvalue weighted by Crippen LogP contribution is 2.24. The molecule has 0 unspecified atom stereocenters. The molecule has 0 aliphatic heterocycles. The second-order valence-corrected chi connectivity index (χ2v) is 4.23. The molecule has 0 fully saturated rings. The molecule has 0 amide bonds. The van der Waals surface area contributed by atoms with Gasteiger partial charge in [-0.2, -0.15) is 0 Å². The van der Waals surface area contributed by atoms with Crippen molar-refractivity contribution in [1.82, 2.24) is 9.97 Å². The first-order valence-corrected chi connectivity index (χ1v) is 5.92. The molecule has 0 saturated carbocycles. The summed E-state index contributed by atoms with van der Waals surface area (Å²) in [7, 11) is 0. The fourth-order valence-corrected chi connectivity index (χ4v) is 1.53. The molecule has 0 atom stereocenters. The summed E-state index contributed by atoms with van der Waals surface area (Å²) in [5.74, 6) is 0.456. The average molecular weight is 297 g/mol. The summed E-state index contributed by atoms with van der Waals surface area (Å²) in [6.45, 7) is 1.99. The van der Waals surface area contributed by atoms with Crippen molar-refractivity contribution in [1.29, 1.82) is 0 Å². The molecule has 3 nitrogen and oxygen atoms in total. The van der Waals surface area contributed by atoms with E-state index in [9.17, 15) is 4.39 Å². The van der Waals surface area contributed by atoms with Gasteiger partial charge < -0.3 is 4.74 Å².